The van der Waals surface area contributed by atoms with Crippen molar-refractivity contribution in [3.8, 4) is 11.8 Å². The molecule has 0 saturated carbocycles. The zero-order valence-corrected chi connectivity index (χ0v) is 19.8. The van der Waals surface area contributed by atoms with E-state index in [2.05, 4.69) is 16.4 Å². The summed E-state index contributed by atoms with van der Waals surface area (Å²) < 4.78 is 19.1. The lowest BCUT2D eigenvalue weighted by Crippen LogP contribution is -2.34. The average molecular weight is 509 g/mol. The number of halogens is 2. The van der Waals surface area contributed by atoms with E-state index in [-0.39, 0.29) is 12.4 Å². The molecule has 0 aliphatic carbocycles. The molecule has 0 saturated heterocycles. The lowest BCUT2D eigenvalue weighted by Gasteiger charge is -2.24. The Labute approximate surface area is 209 Å². The molecular weight excluding hydrogens is 491 g/mol. The summed E-state index contributed by atoms with van der Waals surface area (Å²) in [7, 11) is 0. The summed E-state index contributed by atoms with van der Waals surface area (Å²) in [5, 5.41) is 23.6. The fourth-order valence-corrected chi connectivity index (χ4v) is 5.51. The van der Waals surface area contributed by atoms with Gasteiger partial charge in [-0.15, -0.1) is 11.3 Å². The van der Waals surface area contributed by atoms with Crippen molar-refractivity contribution in [2.45, 2.75) is 19.6 Å². The van der Waals surface area contributed by atoms with Gasteiger partial charge in [-0.05, 0) is 47.9 Å². The van der Waals surface area contributed by atoms with Gasteiger partial charge in [0.05, 0.1) is 22.8 Å². The van der Waals surface area contributed by atoms with Crippen LogP contribution in [0.4, 0.5) is 20.6 Å². The quantitative estimate of drug-likeness (QED) is 0.327. The maximum Gasteiger partial charge on any atom is 0.407 e. The Morgan fingerprint density at radius 1 is 1.34 bits per heavy atom. The van der Waals surface area contributed by atoms with Crippen molar-refractivity contribution in [1.29, 1.82) is 5.26 Å². The second-order valence-electron chi connectivity index (χ2n) is 7.99. The first-order valence-corrected chi connectivity index (χ1v) is 11.9. The lowest BCUT2D eigenvalue weighted by molar-refractivity contribution is 0.140. The summed E-state index contributed by atoms with van der Waals surface area (Å²) in [6, 6.07) is 13.5. The van der Waals surface area contributed by atoms with Gasteiger partial charge in [0.15, 0.2) is 0 Å². The lowest BCUT2D eigenvalue weighted by atomic mass is 10.0. The van der Waals surface area contributed by atoms with Crippen LogP contribution >= 0.6 is 22.9 Å². The van der Waals surface area contributed by atoms with Crippen LogP contribution in [0.2, 0.25) is 5.02 Å². The van der Waals surface area contributed by atoms with Gasteiger partial charge in [0, 0.05) is 28.7 Å². The molecule has 35 heavy (non-hydrogen) atoms. The smallest absolute Gasteiger partial charge is 0.407 e. The molecule has 0 bridgehead atoms. The molecule has 1 aliphatic heterocycles. The van der Waals surface area contributed by atoms with Crippen molar-refractivity contribution in [2.75, 3.05) is 11.9 Å². The number of nitriles is 1. The van der Waals surface area contributed by atoms with E-state index in [0.717, 1.165) is 20.7 Å². The highest BCUT2D eigenvalue weighted by Gasteiger charge is 2.26. The van der Waals surface area contributed by atoms with Crippen molar-refractivity contribution in [3.05, 3.63) is 81.1 Å². The van der Waals surface area contributed by atoms with Gasteiger partial charge >= 0.3 is 6.09 Å². The number of carbonyl (C=O) groups is 1. The third-order valence-corrected chi connectivity index (χ3v) is 7.16. The number of fused-ring (bicyclic) bond motifs is 3. The summed E-state index contributed by atoms with van der Waals surface area (Å²) in [4.78, 5) is 18.9. The van der Waals surface area contributed by atoms with Crippen LogP contribution < -0.4 is 10.1 Å². The van der Waals surface area contributed by atoms with E-state index in [0.29, 0.717) is 52.8 Å². The maximum absolute atomic E-state index is 13.4. The highest BCUT2D eigenvalue weighted by Crippen LogP contribution is 2.41. The zero-order chi connectivity index (χ0) is 24.5. The number of carboxylic acid groups (broad SMARTS) is 1. The Hall–Kier alpha value is -3.87. The molecule has 0 unspecified atom stereocenters. The average Bonchev–Trinajstić information content (AvgIpc) is 3.22. The minimum atomic E-state index is -0.952. The number of pyridine rings is 1. The first-order chi connectivity index (χ1) is 16.9. The molecule has 0 fully saturated rings. The molecule has 1 aliphatic rings. The largest absolute Gasteiger partial charge is 0.487 e. The third kappa shape index (κ3) is 4.58. The van der Waals surface area contributed by atoms with E-state index in [1.54, 1.807) is 30.3 Å². The molecule has 2 aromatic heterocycles. The molecule has 1 amide bonds. The SMILES string of the molecule is N#Cc1cnc2sc3c(c2c1Nc1ccc(OCc2cccc(F)c2)c(Cl)c1)CCN(C(=O)O)C3. The Morgan fingerprint density at radius 2 is 2.20 bits per heavy atom. The highest BCUT2D eigenvalue weighted by molar-refractivity contribution is 7.19. The predicted octanol–water partition coefficient (Wildman–Crippen LogP) is 6.32. The number of hydrogen-bond donors (Lipinski definition) is 2. The predicted molar refractivity (Wildman–Crippen MR) is 132 cm³/mol. The first-order valence-electron chi connectivity index (χ1n) is 10.7. The molecule has 0 atom stereocenters. The number of thiophene rings is 1. The molecule has 0 spiro atoms. The molecule has 7 nitrogen and oxygen atoms in total. The minimum Gasteiger partial charge on any atom is -0.487 e. The van der Waals surface area contributed by atoms with E-state index in [4.69, 9.17) is 16.3 Å². The number of nitrogens with one attached hydrogen (secondary N) is 1. The summed E-state index contributed by atoms with van der Waals surface area (Å²) in [6.07, 6.45) is 1.10. The normalized spacial score (nSPS) is 12.8. The molecule has 176 valence electrons. The van der Waals surface area contributed by atoms with E-state index >= 15 is 0 Å². The van der Waals surface area contributed by atoms with E-state index in [1.165, 1.54) is 34.6 Å². The number of hydrogen-bond acceptors (Lipinski definition) is 6. The molecule has 4 aromatic rings. The van der Waals surface area contributed by atoms with E-state index < -0.39 is 6.09 Å². The summed E-state index contributed by atoms with van der Waals surface area (Å²) in [6.45, 7) is 0.853. The number of nitrogens with zero attached hydrogens (tertiary/aromatic N) is 3. The summed E-state index contributed by atoms with van der Waals surface area (Å²) >= 11 is 7.89. The Balaban J connectivity index is 1.43. The van der Waals surface area contributed by atoms with Crippen LogP contribution in [-0.4, -0.2) is 27.6 Å². The van der Waals surface area contributed by atoms with Gasteiger partial charge in [-0.25, -0.2) is 14.2 Å². The Kier molecular flexibility index (Phi) is 6.16. The number of benzene rings is 2. The number of ether oxygens (including phenoxy) is 1. The van der Waals surface area contributed by atoms with Crippen molar-refractivity contribution < 1.29 is 19.0 Å². The monoisotopic (exact) mass is 508 g/mol. The minimum absolute atomic E-state index is 0.169. The molecular formula is C25H18ClFN4O3S. The topological polar surface area (TPSA) is 98.5 Å². The van der Waals surface area contributed by atoms with Crippen LogP contribution in [0.1, 0.15) is 21.6 Å². The number of amides is 1. The number of anilines is 2. The van der Waals surface area contributed by atoms with Gasteiger partial charge in [-0.2, -0.15) is 5.26 Å². The summed E-state index contributed by atoms with van der Waals surface area (Å²) in [5.41, 5.74) is 3.34. The molecule has 5 rings (SSSR count). The van der Waals surface area contributed by atoms with Crippen molar-refractivity contribution in [2.24, 2.45) is 0 Å². The molecule has 2 aromatic carbocycles. The molecule has 10 heteroatoms. The number of aromatic nitrogens is 1. The maximum atomic E-state index is 13.4. The van der Waals surface area contributed by atoms with Crippen LogP contribution in [0.15, 0.2) is 48.7 Å². The van der Waals surface area contributed by atoms with Crippen LogP contribution in [0.3, 0.4) is 0 Å². The van der Waals surface area contributed by atoms with Crippen molar-refractivity contribution in [3.63, 3.8) is 0 Å². The Morgan fingerprint density at radius 3 is 2.94 bits per heavy atom. The second-order valence-corrected chi connectivity index (χ2v) is 9.48. The fraction of sp³-hybridized carbons (Fsp3) is 0.160. The summed E-state index contributed by atoms with van der Waals surface area (Å²) in [5.74, 6) is 0.114. The van der Waals surface area contributed by atoms with Gasteiger partial charge in [-0.1, -0.05) is 23.7 Å². The van der Waals surface area contributed by atoms with E-state index in [9.17, 15) is 19.6 Å². The van der Waals surface area contributed by atoms with Crippen molar-refractivity contribution >= 4 is 50.6 Å². The fourth-order valence-electron chi connectivity index (χ4n) is 4.07. The molecule has 2 N–H and O–H groups in total. The second kappa shape index (κ2) is 9.41. The van der Waals surface area contributed by atoms with Gasteiger partial charge < -0.3 is 20.1 Å². The Bertz CT molecular complexity index is 1500. The van der Waals surface area contributed by atoms with Gasteiger partial charge in [0.2, 0.25) is 0 Å². The first kappa shape index (κ1) is 22.9. The van der Waals surface area contributed by atoms with E-state index in [1.807, 2.05) is 0 Å². The van der Waals surface area contributed by atoms with Gasteiger partial charge in [0.25, 0.3) is 0 Å². The molecule has 3 heterocycles. The standard InChI is InChI=1S/C25H18ClFN4O3S/c26-19-9-17(4-5-20(19)34-13-14-2-1-3-16(27)8-14)30-23-15(10-28)11-29-24-22(23)18-6-7-31(25(32)33)12-21(18)35-24/h1-5,8-9,11H,6-7,12-13H2,(H,29,30)(H,32,33). The molecule has 0 radical (unpaired) electrons. The van der Waals surface area contributed by atoms with Crippen LogP contribution in [0, 0.1) is 17.1 Å². The third-order valence-electron chi connectivity index (χ3n) is 5.74. The van der Waals surface area contributed by atoms with Crippen molar-refractivity contribution in [1.82, 2.24) is 9.88 Å². The number of rotatable bonds is 5. The van der Waals surface area contributed by atoms with Gasteiger partial charge in [0.1, 0.15) is 29.1 Å². The zero-order valence-electron chi connectivity index (χ0n) is 18.2. The van der Waals surface area contributed by atoms with Gasteiger partial charge in [-0.3, -0.25) is 0 Å². The highest BCUT2D eigenvalue weighted by atomic mass is 35.5. The van der Waals surface area contributed by atoms with Crippen LogP contribution in [0.5, 0.6) is 5.75 Å². The van der Waals surface area contributed by atoms with Crippen LogP contribution in [-0.2, 0) is 19.6 Å². The van der Waals surface area contributed by atoms with Crippen LogP contribution in [0.25, 0.3) is 10.2 Å².